The third kappa shape index (κ3) is 4.69. The lowest BCUT2D eigenvalue weighted by Crippen LogP contribution is -2.37. The predicted octanol–water partition coefficient (Wildman–Crippen LogP) is 1.89. The van der Waals surface area contributed by atoms with Crippen LogP contribution in [0.5, 0.6) is 11.5 Å². The van der Waals surface area contributed by atoms with Gasteiger partial charge < -0.3 is 24.7 Å². The lowest BCUT2D eigenvalue weighted by Gasteiger charge is -2.16. The number of nitrogens with one attached hydrogen (secondary N) is 2. The number of fused-ring (bicyclic) bond motifs is 1. The van der Waals surface area contributed by atoms with Crippen molar-refractivity contribution in [3.63, 3.8) is 0 Å². The van der Waals surface area contributed by atoms with E-state index < -0.39 is 0 Å². The third-order valence-electron chi connectivity index (χ3n) is 4.60. The van der Waals surface area contributed by atoms with Gasteiger partial charge in [-0.05, 0) is 31.9 Å². The van der Waals surface area contributed by atoms with Crippen molar-refractivity contribution in [2.24, 2.45) is 4.99 Å². The smallest absolute Gasteiger partial charge is 0.191 e. The van der Waals surface area contributed by atoms with Crippen LogP contribution in [0, 0.1) is 0 Å². The van der Waals surface area contributed by atoms with Crippen LogP contribution in [-0.2, 0) is 26.1 Å². The van der Waals surface area contributed by atoms with Gasteiger partial charge in [-0.3, -0.25) is 0 Å². The van der Waals surface area contributed by atoms with Gasteiger partial charge in [0, 0.05) is 31.1 Å². The number of aliphatic imine (C=N–C) groups is 1. The maximum atomic E-state index is 5.45. The number of ether oxygens (including phenoxy) is 2. The highest BCUT2D eigenvalue weighted by molar-refractivity contribution is 5.79. The van der Waals surface area contributed by atoms with Crippen molar-refractivity contribution in [1.82, 2.24) is 25.4 Å². The molecule has 0 saturated carbocycles. The fraction of sp³-hybridized carbons (Fsp3) is 0.526. The van der Waals surface area contributed by atoms with E-state index in [0.29, 0.717) is 13.1 Å². The van der Waals surface area contributed by atoms with Gasteiger partial charge in [0.2, 0.25) is 0 Å². The quantitative estimate of drug-likeness (QED) is 0.570. The molecule has 8 nitrogen and oxygen atoms in total. The lowest BCUT2D eigenvalue weighted by molar-refractivity contribution is 0.391. The molecule has 1 aliphatic rings. The summed E-state index contributed by atoms with van der Waals surface area (Å²) < 4.78 is 12.9. The highest BCUT2D eigenvalue weighted by Gasteiger charge is 2.15. The van der Waals surface area contributed by atoms with Gasteiger partial charge >= 0.3 is 0 Å². The van der Waals surface area contributed by atoms with Crippen molar-refractivity contribution in [2.45, 2.75) is 45.8 Å². The summed E-state index contributed by atoms with van der Waals surface area (Å²) in [5.41, 5.74) is 0.996. The van der Waals surface area contributed by atoms with Gasteiger partial charge in [0.1, 0.15) is 17.3 Å². The molecule has 0 fully saturated rings. The van der Waals surface area contributed by atoms with Crippen molar-refractivity contribution in [2.75, 3.05) is 20.8 Å². The molecule has 27 heavy (non-hydrogen) atoms. The Balaban J connectivity index is 1.67. The highest BCUT2D eigenvalue weighted by atomic mass is 16.5. The Morgan fingerprint density at radius 3 is 2.85 bits per heavy atom. The summed E-state index contributed by atoms with van der Waals surface area (Å²) in [6, 6.07) is 5.75. The fourth-order valence-electron chi connectivity index (χ4n) is 3.15. The minimum atomic E-state index is 0.500. The number of hydrogen-bond acceptors (Lipinski definition) is 5. The first-order valence-electron chi connectivity index (χ1n) is 9.39. The number of benzene rings is 1. The number of hydrogen-bond donors (Lipinski definition) is 2. The maximum absolute atomic E-state index is 5.45. The average Bonchev–Trinajstić information content (AvgIpc) is 3.13. The monoisotopic (exact) mass is 372 g/mol. The standard InChI is InChI=1S/C19H28N6O2/c1-4-20-19(21-12-14-8-9-15(26-2)11-16(14)27-3)22-13-18-24-23-17-7-5-6-10-25(17)18/h8-9,11H,4-7,10,12-13H2,1-3H3,(H2,20,21,22). The summed E-state index contributed by atoms with van der Waals surface area (Å²) >= 11 is 0. The largest absolute Gasteiger partial charge is 0.497 e. The average molecular weight is 372 g/mol. The predicted molar refractivity (Wildman–Crippen MR) is 104 cm³/mol. The van der Waals surface area contributed by atoms with Gasteiger partial charge in [0.25, 0.3) is 0 Å². The number of aromatic nitrogens is 3. The Morgan fingerprint density at radius 1 is 1.19 bits per heavy atom. The molecule has 1 aromatic carbocycles. The zero-order valence-electron chi connectivity index (χ0n) is 16.3. The lowest BCUT2D eigenvalue weighted by atomic mass is 10.2. The molecule has 2 heterocycles. The second kappa shape index (κ2) is 9.25. The first-order chi connectivity index (χ1) is 13.2. The van der Waals surface area contributed by atoms with Gasteiger partial charge in [-0.25, -0.2) is 4.99 Å². The van der Waals surface area contributed by atoms with E-state index in [9.17, 15) is 0 Å². The number of rotatable bonds is 7. The van der Waals surface area contributed by atoms with Crippen LogP contribution in [0.15, 0.2) is 23.2 Å². The van der Waals surface area contributed by atoms with Gasteiger partial charge in [-0.15, -0.1) is 10.2 Å². The normalized spacial score (nSPS) is 13.8. The molecular weight excluding hydrogens is 344 g/mol. The SMILES string of the molecule is CCNC(=NCc1ccc(OC)cc1OC)NCc1nnc2n1CCCC2. The van der Waals surface area contributed by atoms with E-state index in [0.717, 1.165) is 54.2 Å². The molecule has 0 amide bonds. The Morgan fingerprint density at radius 2 is 2.07 bits per heavy atom. The van der Waals surface area contributed by atoms with E-state index in [1.807, 2.05) is 25.1 Å². The van der Waals surface area contributed by atoms with Crippen LogP contribution in [0.4, 0.5) is 0 Å². The number of guanidine groups is 1. The molecule has 0 saturated heterocycles. The molecule has 0 aliphatic carbocycles. The molecule has 0 radical (unpaired) electrons. The molecule has 3 rings (SSSR count). The van der Waals surface area contributed by atoms with E-state index in [-0.39, 0.29) is 0 Å². The minimum Gasteiger partial charge on any atom is -0.497 e. The fourth-order valence-corrected chi connectivity index (χ4v) is 3.15. The molecule has 8 heteroatoms. The second-order valence-electron chi connectivity index (χ2n) is 6.37. The summed E-state index contributed by atoms with van der Waals surface area (Å²) in [6.07, 6.45) is 3.39. The minimum absolute atomic E-state index is 0.500. The van der Waals surface area contributed by atoms with Crippen molar-refractivity contribution in [3.05, 3.63) is 35.4 Å². The summed E-state index contributed by atoms with van der Waals surface area (Å²) in [4.78, 5) is 4.68. The topological polar surface area (TPSA) is 85.6 Å². The molecule has 2 N–H and O–H groups in total. The van der Waals surface area contributed by atoms with Crippen LogP contribution in [0.2, 0.25) is 0 Å². The van der Waals surface area contributed by atoms with Crippen molar-refractivity contribution in [3.8, 4) is 11.5 Å². The van der Waals surface area contributed by atoms with Crippen LogP contribution in [-0.4, -0.2) is 41.5 Å². The summed E-state index contributed by atoms with van der Waals surface area (Å²) in [7, 11) is 3.29. The Labute approximate surface area is 160 Å². The van der Waals surface area contributed by atoms with Crippen LogP contribution >= 0.6 is 0 Å². The first kappa shape index (κ1) is 19.0. The Kier molecular flexibility index (Phi) is 6.51. The van der Waals surface area contributed by atoms with E-state index in [4.69, 9.17) is 9.47 Å². The number of methoxy groups -OCH3 is 2. The van der Waals surface area contributed by atoms with Crippen LogP contribution in [0.1, 0.15) is 37.0 Å². The zero-order valence-corrected chi connectivity index (χ0v) is 16.3. The third-order valence-corrected chi connectivity index (χ3v) is 4.60. The summed E-state index contributed by atoms with van der Waals surface area (Å²) in [5.74, 6) is 4.31. The molecule has 2 aromatic rings. The first-order valence-corrected chi connectivity index (χ1v) is 9.39. The summed E-state index contributed by atoms with van der Waals surface area (Å²) in [5, 5.41) is 15.3. The molecule has 0 spiro atoms. The van der Waals surface area contributed by atoms with E-state index in [1.54, 1.807) is 14.2 Å². The molecule has 0 unspecified atom stereocenters. The van der Waals surface area contributed by atoms with Crippen molar-refractivity contribution in [1.29, 1.82) is 0 Å². The van der Waals surface area contributed by atoms with Gasteiger partial charge in [0.05, 0.1) is 27.3 Å². The highest BCUT2D eigenvalue weighted by Crippen LogP contribution is 2.25. The molecular formula is C19H28N6O2. The molecule has 0 atom stereocenters. The Hall–Kier alpha value is -2.77. The molecule has 1 aliphatic heterocycles. The van der Waals surface area contributed by atoms with Gasteiger partial charge in [-0.2, -0.15) is 0 Å². The number of aryl methyl sites for hydroxylation is 1. The van der Waals surface area contributed by atoms with E-state index >= 15 is 0 Å². The Bertz CT molecular complexity index is 787. The zero-order chi connectivity index (χ0) is 19.1. The van der Waals surface area contributed by atoms with E-state index in [2.05, 4.69) is 30.4 Å². The maximum Gasteiger partial charge on any atom is 0.191 e. The van der Waals surface area contributed by atoms with Gasteiger partial charge in [0.15, 0.2) is 11.8 Å². The van der Waals surface area contributed by atoms with Gasteiger partial charge in [-0.1, -0.05) is 0 Å². The molecule has 1 aromatic heterocycles. The van der Waals surface area contributed by atoms with Crippen LogP contribution in [0.3, 0.4) is 0 Å². The van der Waals surface area contributed by atoms with Crippen molar-refractivity contribution < 1.29 is 9.47 Å². The van der Waals surface area contributed by atoms with Crippen LogP contribution < -0.4 is 20.1 Å². The molecule has 0 bridgehead atoms. The van der Waals surface area contributed by atoms with E-state index in [1.165, 1.54) is 12.8 Å². The molecule has 146 valence electrons. The van der Waals surface area contributed by atoms with Crippen molar-refractivity contribution >= 4 is 5.96 Å². The van der Waals surface area contributed by atoms with Crippen LogP contribution in [0.25, 0.3) is 0 Å². The summed E-state index contributed by atoms with van der Waals surface area (Å²) in [6.45, 7) is 4.92. The number of nitrogens with zero attached hydrogens (tertiary/aromatic N) is 4. The second-order valence-corrected chi connectivity index (χ2v) is 6.37.